The highest BCUT2D eigenvalue weighted by molar-refractivity contribution is 5.97. The summed E-state index contributed by atoms with van der Waals surface area (Å²) in [6, 6.07) is 15.5. The van der Waals surface area contributed by atoms with E-state index in [9.17, 15) is 4.39 Å². The van der Waals surface area contributed by atoms with E-state index in [0.29, 0.717) is 11.5 Å². The number of fused-ring (bicyclic) bond motifs is 2. The van der Waals surface area contributed by atoms with Crippen LogP contribution in [0.2, 0.25) is 0 Å². The van der Waals surface area contributed by atoms with Crippen molar-refractivity contribution in [2.24, 2.45) is 0 Å². The summed E-state index contributed by atoms with van der Waals surface area (Å²) in [5, 5.41) is 12.0. The first-order valence-corrected chi connectivity index (χ1v) is 15.1. The van der Waals surface area contributed by atoms with Gasteiger partial charge in [-0.1, -0.05) is 25.1 Å². The minimum atomic E-state index is -0.219. The van der Waals surface area contributed by atoms with E-state index in [1.54, 1.807) is 18.3 Å². The normalized spacial score (nSPS) is 13.9. The predicted octanol–water partition coefficient (Wildman–Crippen LogP) is 6.51. The minimum absolute atomic E-state index is 0.219. The molecule has 0 radical (unpaired) electrons. The highest BCUT2D eigenvalue weighted by Crippen LogP contribution is 2.33. The van der Waals surface area contributed by atoms with Gasteiger partial charge in [0.05, 0.1) is 28.4 Å². The first kappa shape index (κ1) is 27.4. The Morgan fingerprint density at radius 2 is 1.84 bits per heavy atom. The third-order valence-corrected chi connectivity index (χ3v) is 8.26. The van der Waals surface area contributed by atoms with Crippen molar-refractivity contribution in [1.29, 1.82) is 0 Å². The molecule has 2 aromatic carbocycles. The van der Waals surface area contributed by atoms with Crippen molar-refractivity contribution in [3.63, 3.8) is 0 Å². The van der Waals surface area contributed by atoms with Crippen molar-refractivity contribution in [3.05, 3.63) is 84.1 Å². The van der Waals surface area contributed by atoms with Gasteiger partial charge in [0.2, 0.25) is 0 Å². The number of nitrogens with one attached hydrogen (secondary N) is 3. The lowest BCUT2D eigenvalue weighted by Gasteiger charge is -2.14. The maximum Gasteiger partial charge on any atom is 0.159 e. The van der Waals surface area contributed by atoms with Crippen LogP contribution in [-0.2, 0) is 13.0 Å². The zero-order valence-corrected chi connectivity index (χ0v) is 24.3. The highest BCUT2D eigenvalue weighted by Gasteiger charge is 2.17. The zero-order valence-electron chi connectivity index (χ0n) is 24.3. The summed E-state index contributed by atoms with van der Waals surface area (Å²) in [4.78, 5) is 20.0. The van der Waals surface area contributed by atoms with E-state index in [1.165, 1.54) is 25.9 Å². The van der Waals surface area contributed by atoms with E-state index in [2.05, 4.69) is 54.4 Å². The molecule has 6 aromatic rings. The number of rotatable bonds is 10. The quantitative estimate of drug-likeness (QED) is 0.173. The lowest BCUT2D eigenvalue weighted by molar-refractivity contribution is 0.334. The largest absolute Gasteiger partial charge is 0.337 e. The standard InChI is InChI=1S/C34H35FN8/c1-2-36-18-23-14-25(20-37-19-23)30-17-28-31(21-38-30)41-42-33(28)34-39-29-9-5-8-27(32(29)40-34)24-13-22(15-26(35)16-24)7-6-12-43-10-3-4-11-43/h5,8-9,13-17,19-21,36H,2-4,6-7,10-12,18H2,1H3,(H,39,40)(H,41,42). The SMILES string of the molecule is CCNCc1cncc(-c2cc3c(-c4nc5c(-c6cc(F)cc(CCCN7CCCC7)c6)cccc5[nH]4)n[nH]c3cn2)c1. The number of para-hydroxylation sites is 1. The molecule has 0 amide bonds. The van der Waals surface area contributed by atoms with Gasteiger partial charge in [-0.2, -0.15) is 5.10 Å². The smallest absolute Gasteiger partial charge is 0.159 e. The average Bonchev–Trinajstić information content (AvgIpc) is 3.79. The summed E-state index contributed by atoms with van der Waals surface area (Å²) in [5.41, 5.74) is 8.80. The van der Waals surface area contributed by atoms with Crippen molar-refractivity contribution >= 4 is 21.9 Å². The van der Waals surface area contributed by atoms with Crippen LogP contribution >= 0.6 is 0 Å². The molecule has 0 aliphatic carbocycles. The summed E-state index contributed by atoms with van der Waals surface area (Å²) < 4.78 is 14.8. The monoisotopic (exact) mass is 574 g/mol. The van der Waals surface area contributed by atoms with Crippen LogP contribution in [0.4, 0.5) is 4.39 Å². The molecule has 0 saturated carbocycles. The zero-order chi connectivity index (χ0) is 29.2. The molecule has 7 rings (SSSR count). The van der Waals surface area contributed by atoms with Gasteiger partial charge in [-0.15, -0.1) is 0 Å². The van der Waals surface area contributed by atoms with E-state index in [4.69, 9.17) is 4.98 Å². The van der Waals surface area contributed by atoms with Gasteiger partial charge in [0.25, 0.3) is 0 Å². The Morgan fingerprint density at radius 3 is 2.72 bits per heavy atom. The van der Waals surface area contributed by atoms with Crippen molar-refractivity contribution < 1.29 is 4.39 Å². The number of hydrogen-bond acceptors (Lipinski definition) is 6. The second-order valence-electron chi connectivity index (χ2n) is 11.3. The van der Waals surface area contributed by atoms with Crippen LogP contribution in [0.25, 0.3) is 55.8 Å². The molecule has 1 aliphatic rings. The Labute approximate surface area is 249 Å². The molecule has 43 heavy (non-hydrogen) atoms. The third-order valence-electron chi connectivity index (χ3n) is 8.26. The van der Waals surface area contributed by atoms with Gasteiger partial charge in [0, 0.05) is 35.5 Å². The van der Waals surface area contributed by atoms with Gasteiger partial charge in [0.15, 0.2) is 5.82 Å². The Balaban J connectivity index is 1.20. The van der Waals surface area contributed by atoms with Gasteiger partial charge in [0.1, 0.15) is 11.5 Å². The fourth-order valence-electron chi connectivity index (χ4n) is 6.09. The maximum atomic E-state index is 14.8. The van der Waals surface area contributed by atoms with Gasteiger partial charge in [-0.05, 0) is 98.9 Å². The summed E-state index contributed by atoms with van der Waals surface area (Å²) in [7, 11) is 0. The number of nitrogens with zero attached hydrogens (tertiary/aromatic N) is 5. The first-order chi connectivity index (χ1) is 21.1. The molecule has 1 saturated heterocycles. The van der Waals surface area contributed by atoms with Gasteiger partial charge in [-0.25, -0.2) is 9.37 Å². The van der Waals surface area contributed by atoms with Crippen LogP contribution in [0, 0.1) is 5.82 Å². The molecule has 1 fully saturated rings. The molecule has 9 heteroatoms. The van der Waals surface area contributed by atoms with Crippen molar-refractivity contribution in [2.75, 3.05) is 26.2 Å². The van der Waals surface area contributed by atoms with E-state index in [-0.39, 0.29) is 5.82 Å². The topological polar surface area (TPSA) is 98.4 Å². The van der Waals surface area contributed by atoms with Gasteiger partial charge in [-0.3, -0.25) is 15.1 Å². The Kier molecular flexibility index (Phi) is 7.65. The van der Waals surface area contributed by atoms with Crippen molar-refractivity contribution in [1.82, 2.24) is 40.3 Å². The first-order valence-electron chi connectivity index (χ1n) is 15.1. The number of H-pyrrole nitrogens is 2. The molecule has 8 nitrogen and oxygen atoms in total. The molecular weight excluding hydrogens is 539 g/mol. The minimum Gasteiger partial charge on any atom is -0.337 e. The maximum absolute atomic E-state index is 14.8. The summed E-state index contributed by atoms with van der Waals surface area (Å²) in [6.07, 6.45) is 9.95. The molecule has 0 spiro atoms. The molecule has 0 atom stereocenters. The van der Waals surface area contributed by atoms with Crippen LogP contribution in [0.1, 0.15) is 37.3 Å². The number of aryl methyl sites for hydroxylation is 1. The van der Waals surface area contributed by atoms with Crippen LogP contribution in [0.3, 0.4) is 0 Å². The number of halogens is 1. The molecule has 5 heterocycles. The molecule has 0 unspecified atom stereocenters. The summed E-state index contributed by atoms with van der Waals surface area (Å²) in [5.74, 6) is 0.427. The Morgan fingerprint density at radius 1 is 0.953 bits per heavy atom. The number of imidazole rings is 1. The lowest BCUT2D eigenvalue weighted by Crippen LogP contribution is -2.20. The second kappa shape index (κ2) is 12.0. The van der Waals surface area contributed by atoms with Gasteiger partial charge < -0.3 is 15.2 Å². The Hall–Kier alpha value is -4.47. The van der Waals surface area contributed by atoms with Crippen LogP contribution in [0.15, 0.2) is 67.1 Å². The Bertz CT molecular complexity index is 1880. The number of likely N-dealkylation sites (tertiary alicyclic amines) is 1. The average molecular weight is 575 g/mol. The van der Waals surface area contributed by atoms with Crippen molar-refractivity contribution in [3.8, 4) is 33.9 Å². The summed E-state index contributed by atoms with van der Waals surface area (Å²) in [6.45, 7) is 7.16. The molecule has 4 aromatic heterocycles. The van der Waals surface area contributed by atoms with E-state index < -0.39 is 0 Å². The van der Waals surface area contributed by atoms with E-state index in [0.717, 1.165) is 87.9 Å². The third kappa shape index (κ3) is 5.78. The second-order valence-corrected chi connectivity index (χ2v) is 11.3. The lowest BCUT2D eigenvalue weighted by atomic mass is 9.99. The van der Waals surface area contributed by atoms with Crippen LogP contribution < -0.4 is 5.32 Å². The fraction of sp³-hybridized carbons (Fsp3) is 0.294. The van der Waals surface area contributed by atoms with Crippen molar-refractivity contribution in [2.45, 2.75) is 39.2 Å². The van der Waals surface area contributed by atoms with E-state index >= 15 is 0 Å². The number of aromatic nitrogens is 6. The fourth-order valence-corrected chi connectivity index (χ4v) is 6.09. The highest BCUT2D eigenvalue weighted by atomic mass is 19.1. The van der Waals surface area contributed by atoms with Gasteiger partial charge >= 0.3 is 0 Å². The predicted molar refractivity (Wildman–Crippen MR) is 169 cm³/mol. The molecule has 3 N–H and O–H groups in total. The molecule has 218 valence electrons. The molecular formula is C34H35FN8. The number of benzene rings is 2. The van der Waals surface area contributed by atoms with Crippen LogP contribution in [-0.4, -0.2) is 61.2 Å². The van der Waals surface area contributed by atoms with Crippen LogP contribution in [0.5, 0.6) is 0 Å². The summed E-state index contributed by atoms with van der Waals surface area (Å²) >= 11 is 0. The number of aromatic amines is 2. The van der Waals surface area contributed by atoms with E-state index in [1.807, 2.05) is 36.7 Å². The molecule has 1 aliphatic heterocycles. The number of pyridine rings is 2. The molecule has 0 bridgehead atoms. The number of hydrogen-bond donors (Lipinski definition) is 3.